The third-order valence-corrected chi connectivity index (χ3v) is 6.43. The van der Waals surface area contributed by atoms with Crippen molar-refractivity contribution in [3.63, 3.8) is 0 Å². The van der Waals surface area contributed by atoms with E-state index in [9.17, 15) is 4.79 Å². The topological polar surface area (TPSA) is 67.3 Å². The summed E-state index contributed by atoms with van der Waals surface area (Å²) in [6.45, 7) is 1.51. The van der Waals surface area contributed by atoms with Crippen molar-refractivity contribution in [1.82, 2.24) is 15.5 Å². The number of amides is 1. The van der Waals surface area contributed by atoms with E-state index in [4.69, 9.17) is 4.74 Å². The Bertz CT molecular complexity index is 757. The highest BCUT2D eigenvalue weighted by atomic mass is 32.1. The molecule has 0 saturated carbocycles. The van der Waals surface area contributed by atoms with Crippen molar-refractivity contribution in [3.8, 4) is 0 Å². The summed E-state index contributed by atoms with van der Waals surface area (Å²) in [7, 11) is 1.65. The first-order valence-electron chi connectivity index (χ1n) is 9.14. The molecule has 1 aromatic carbocycles. The van der Waals surface area contributed by atoms with Gasteiger partial charge in [-0.15, -0.1) is 10.2 Å². The Morgan fingerprint density at radius 2 is 2.08 bits per heavy atom. The van der Waals surface area contributed by atoms with Crippen LogP contribution in [0.3, 0.4) is 0 Å². The Balaban J connectivity index is 1.39. The lowest BCUT2D eigenvalue weighted by atomic mass is 9.86. The fourth-order valence-corrected chi connectivity index (χ4v) is 4.64. The Kier molecular flexibility index (Phi) is 4.91. The Morgan fingerprint density at radius 1 is 1.31 bits per heavy atom. The molecule has 4 rings (SSSR count). The summed E-state index contributed by atoms with van der Waals surface area (Å²) >= 11 is 1.53. The molecule has 26 heavy (non-hydrogen) atoms. The molecular weight excluding hydrogens is 348 g/mol. The van der Waals surface area contributed by atoms with Crippen LogP contribution in [0.25, 0.3) is 0 Å². The summed E-state index contributed by atoms with van der Waals surface area (Å²) in [5.41, 5.74) is 3.76. The molecule has 0 radical (unpaired) electrons. The Morgan fingerprint density at radius 3 is 2.77 bits per heavy atom. The molecule has 6 nitrogen and oxygen atoms in total. The van der Waals surface area contributed by atoms with Gasteiger partial charge in [0.15, 0.2) is 0 Å². The number of piperidine rings is 1. The van der Waals surface area contributed by atoms with E-state index in [1.54, 1.807) is 12.6 Å². The maximum atomic E-state index is 13.0. The van der Waals surface area contributed by atoms with Crippen LogP contribution >= 0.6 is 11.3 Å². The first-order chi connectivity index (χ1) is 12.7. The molecule has 1 aliphatic carbocycles. The van der Waals surface area contributed by atoms with E-state index < -0.39 is 5.60 Å². The average Bonchev–Trinajstić information content (AvgIpc) is 3.22. The second-order valence-corrected chi connectivity index (χ2v) is 7.90. The minimum absolute atomic E-state index is 0.0290. The summed E-state index contributed by atoms with van der Waals surface area (Å²) in [5.74, 6) is 0.0290. The van der Waals surface area contributed by atoms with Crippen molar-refractivity contribution in [3.05, 3.63) is 40.9 Å². The molecular formula is C19H24N4O2S. The van der Waals surface area contributed by atoms with Crippen LogP contribution in [0.1, 0.15) is 30.4 Å². The third kappa shape index (κ3) is 3.33. The Labute approximate surface area is 157 Å². The van der Waals surface area contributed by atoms with Gasteiger partial charge in [0.1, 0.15) is 11.1 Å². The molecule has 1 unspecified atom stereocenters. The zero-order valence-corrected chi connectivity index (χ0v) is 15.8. The van der Waals surface area contributed by atoms with Crippen molar-refractivity contribution in [2.75, 3.05) is 25.1 Å². The van der Waals surface area contributed by atoms with Crippen LogP contribution in [0.5, 0.6) is 0 Å². The molecule has 1 amide bonds. The predicted molar refractivity (Wildman–Crippen MR) is 101 cm³/mol. The number of ether oxygens (including phenoxy) is 1. The molecule has 138 valence electrons. The highest BCUT2D eigenvalue weighted by Gasteiger charge is 2.43. The number of carbonyl (C=O) groups excluding carboxylic acids is 1. The summed E-state index contributed by atoms with van der Waals surface area (Å²) in [6, 6.07) is 8.70. The number of hydrogen-bond acceptors (Lipinski definition) is 6. The van der Waals surface area contributed by atoms with Crippen molar-refractivity contribution < 1.29 is 9.53 Å². The van der Waals surface area contributed by atoms with E-state index >= 15 is 0 Å². The molecule has 2 heterocycles. The highest BCUT2D eigenvalue weighted by molar-refractivity contribution is 7.13. The maximum Gasteiger partial charge on any atom is 0.252 e. The first kappa shape index (κ1) is 17.4. The molecule has 1 fully saturated rings. The van der Waals surface area contributed by atoms with Gasteiger partial charge in [-0.25, -0.2) is 0 Å². The van der Waals surface area contributed by atoms with Gasteiger partial charge in [0, 0.05) is 39.1 Å². The summed E-state index contributed by atoms with van der Waals surface area (Å²) < 4.78 is 5.75. The molecule has 1 N–H and O–H groups in total. The zero-order chi connectivity index (χ0) is 18.0. The van der Waals surface area contributed by atoms with Gasteiger partial charge in [0.25, 0.3) is 5.91 Å². The van der Waals surface area contributed by atoms with Crippen LogP contribution in [0.15, 0.2) is 29.8 Å². The lowest BCUT2D eigenvalue weighted by Gasteiger charge is -2.40. The van der Waals surface area contributed by atoms with E-state index in [1.807, 2.05) is 0 Å². The van der Waals surface area contributed by atoms with Crippen LogP contribution in [0, 0.1) is 0 Å². The van der Waals surface area contributed by atoms with Gasteiger partial charge in [-0.05, 0) is 30.4 Å². The third-order valence-electron chi connectivity index (χ3n) is 5.68. The number of hydrogen-bond donors (Lipinski definition) is 1. The maximum absolute atomic E-state index is 13.0. The van der Waals surface area contributed by atoms with Gasteiger partial charge >= 0.3 is 0 Å². The van der Waals surface area contributed by atoms with Gasteiger partial charge in [-0.2, -0.15) is 0 Å². The first-order valence-corrected chi connectivity index (χ1v) is 10.0. The highest BCUT2D eigenvalue weighted by Crippen LogP contribution is 2.30. The van der Waals surface area contributed by atoms with Gasteiger partial charge in [0.05, 0.1) is 0 Å². The molecule has 1 aromatic heterocycles. The van der Waals surface area contributed by atoms with Gasteiger partial charge in [-0.1, -0.05) is 35.6 Å². The molecule has 0 spiro atoms. The number of nitrogens with one attached hydrogen (secondary N) is 1. The van der Waals surface area contributed by atoms with E-state index in [-0.39, 0.29) is 11.9 Å². The van der Waals surface area contributed by atoms with Gasteiger partial charge in [-0.3, -0.25) is 4.79 Å². The van der Waals surface area contributed by atoms with Crippen LogP contribution in [-0.2, 0) is 22.4 Å². The summed E-state index contributed by atoms with van der Waals surface area (Å²) in [6.07, 6.45) is 4.24. The Hall–Kier alpha value is -1.99. The van der Waals surface area contributed by atoms with E-state index in [0.717, 1.165) is 37.5 Å². The smallest absolute Gasteiger partial charge is 0.252 e. The molecule has 1 aliphatic heterocycles. The van der Waals surface area contributed by atoms with Crippen LogP contribution in [-0.4, -0.2) is 47.9 Å². The fourth-order valence-electron chi connectivity index (χ4n) is 4.03. The predicted octanol–water partition coefficient (Wildman–Crippen LogP) is 2.20. The molecule has 2 aromatic rings. The summed E-state index contributed by atoms with van der Waals surface area (Å²) in [4.78, 5) is 15.2. The lowest BCUT2D eigenvalue weighted by Crippen LogP contribution is -2.57. The van der Waals surface area contributed by atoms with Crippen molar-refractivity contribution in [2.24, 2.45) is 0 Å². The number of benzene rings is 1. The van der Waals surface area contributed by atoms with Gasteiger partial charge in [0.2, 0.25) is 5.13 Å². The number of fused-ring (bicyclic) bond motifs is 1. The minimum atomic E-state index is -0.738. The minimum Gasteiger partial charge on any atom is -0.368 e. The van der Waals surface area contributed by atoms with Crippen molar-refractivity contribution in [1.29, 1.82) is 0 Å². The standard InChI is InChI=1S/C19H24N4O2S/c1-25-19(8-10-23(11-9-19)18-22-20-13-26-18)17(24)21-16-7-6-14-4-2-3-5-15(14)12-16/h2-5,13,16H,6-12H2,1H3,(H,21,24). The monoisotopic (exact) mass is 372 g/mol. The van der Waals surface area contributed by atoms with Crippen molar-refractivity contribution in [2.45, 2.75) is 43.7 Å². The second-order valence-electron chi connectivity index (χ2n) is 7.09. The van der Waals surface area contributed by atoms with E-state index in [0.29, 0.717) is 12.8 Å². The molecule has 2 aliphatic rings. The van der Waals surface area contributed by atoms with Crippen LogP contribution < -0.4 is 10.2 Å². The van der Waals surface area contributed by atoms with Gasteiger partial charge < -0.3 is 15.0 Å². The number of anilines is 1. The average molecular weight is 372 g/mol. The van der Waals surface area contributed by atoms with Crippen LogP contribution in [0.4, 0.5) is 5.13 Å². The molecule has 1 atom stereocenters. The number of carbonyl (C=O) groups is 1. The molecule has 1 saturated heterocycles. The van der Waals surface area contributed by atoms with E-state index in [1.165, 1.54) is 22.5 Å². The number of nitrogens with zero attached hydrogens (tertiary/aromatic N) is 3. The number of aryl methyl sites for hydroxylation is 1. The van der Waals surface area contributed by atoms with Crippen LogP contribution in [0.2, 0.25) is 0 Å². The molecule has 0 bridgehead atoms. The number of methoxy groups -OCH3 is 1. The SMILES string of the molecule is COC1(C(=O)NC2CCc3ccccc3C2)CCN(c2nncs2)CC1. The quantitative estimate of drug-likeness (QED) is 0.891. The fraction of sp³-hybridized carbons (Fsp3) is 0.526. The lowest BCUT2D eigenvalue weighted by molar-refractivity contribution is -0.147. The number of rotatable bonds is 4. The normalized spacial score (nSPS) is 21.9. The van der Waals surface area contributed by atoms with Crippen molar-refractivity contribution >= 4 is 22.4 Å². The second kappa shape index (κ2) is 7.32. The summed E-state index contributed by atoms with van der Waals surface area (Å²) in [5, 5.41) is 12.2. The largest absolute Gasteiger partial charge is 0.368 e. The number of aromatic nitrogens is 2. The van der Waals surface area contributed by atoms with E-state index in [2.05, 4.69) is 44.7 Å². The zero-order valence-electron chi connectivity index (χ0n) is 15.0. The molecule has 7 heteroatoms.